The summed E-state index contributed by atoms with van der Waals surface area (Å²) < 4.78 is 1.06. The lowest BCUT2D eigenvalue weighted by Crippen LogP contribution is -2.36. The number of nitrogen functional groups attached to an aromatic ring is 1. The molecule has 0 radical (unpaired) electrons. The predicted molar refractivity (Wildman–Crippen MR) is 81.9 cm³/mol. The topological polar surface area (TPSA) is 41.3 Å². The minimum Gasteiger partial charge on any atom is -0.397 e. The molecule has 0 amide bonds. The number of halogens is 1. The lowest BCUT2D eigenvalue weighted by Gasteiger charge is -2.30. The Morgan fingerprint density at radius 1 is 1.39 bits per heavy atom. The Balaban J connectivity index is 1.76. The van der Waals surface area contributed by atoms with Gasteiger partial charge in [-0.2, -0.15) is 0 Å². The van der Waals surface area contributed by atoms with Crippen molar-refractivity contribution in [3.05, 3.63) is 22.7 Å². The highest BCUT2D eigenvalue weighted by Crippen LogP contribution is 2.23. The molecule has 0 saturated carbocycles. The van der Waals surface area contributed by atoms with Crippen molar-refractivity contribution in [2.45, 2.75) is 19.8 Å². The zero-order chi connectivity index (χ0) is 13.0. The van der Waals surface area contributed by atoms with Crippen molar-refractivity contribution in [2.75, 3.05) is 37.2 Å². The number of hydrogen-bond acceptors (Lipinski definition) is 3. The van der Waals surface area contributed by atoms with Gasteiger partial charge in [0.25, 0.3) is 0 Å². The van der Waals surface area contributed by atoms with E-state index in [0.29, 0.717) is 0 Å². The Morgan fingerprint density at radius 2 is 2.11 bits per heavy atom. The normalized spacial score (nSPS) is 17.9. The maximum absolute atomic E-state index is 5.93. The molecule has 0 spiro atoms. The minimum absolute atomic E-state index is 0.811. The van der Waals surface area contributed by atoms with Crippen LogP contribution in [0.15, 0.2) is 22.7 Å². The standard InChI is InChI=1S/C14H22BrN3/c1-11-4-7-18(8-5-11)9-6-17-14-10-12(15)2-3-13(14)16/h2-3,10-11,17H,4-9,16H2,1H3. The largest absolute Gasteiger partial charge is 0.397 e. The van der Waals surface area contributed by atoms with Gasteiger partial charge in [-0.1, -0.05) is 22.9 Å². The fraction of sp³-hybridized carbons (Fsp3) is 0.571. The molecular weight excluding hydrogens is 290 g/mol. The lowest BCUT2D eigenvalue weighted by atomic mass is 9.99. The van der Waals surface area contributed by atoms with E-state index in [1.54, 1.807) is 0 Å². The Morgan fingerprint density at radius 3 is 2.83 bits per heavy atom. The molecule has 4 heteroatoms. The van der Waals surface area contributed by atoms with Gasteiger partial charge < -0.3 is 16.0 Å². The van der Waals surface area contributed by atoms with E-state index in [4.69, 9.17) is 5.73 Å². The number of hydrogen-bond donors (Lipinski definition) is 2. The van der Waals surface area contributed by atoms with Crippen molar-refractivity contribution in [1.29, 1.82) is 0 Å². The zero-order valence-electron chi connectivity index (χ0n) is 11.0. The third-order valence-corrected chi connectivity index (χ3v) is 4.13. The van der Waals surface area contributed by atoms with Crippen molar-refractivity contribution >= 4 is 27.3 Å². The van der Waals surface area contributed by atoms with Gasteiger partial charge in [-0.05, 0) is 50.0 Å². The van der Waals surface area contributed by atoms with Crippen LogP contribution < -0.4 is 11.1 Å². The van der Waals surface area contributed by atoms with Gasteiger partial charge in [0.1, 0.15) is 0 Å². The van der Waals surface area contributed by atoms with Crippen LogP contribution in [0.4, 0.5) is 11.4 Å². The highest BCUT2D eigenvalue weighted by Gasteiger charge is 2.14. The first-order chi connectivity index (χ1) is 8.65. The molecule has 100 valence electrons. The molecule has 1 aromatic rings. The number of nitrogens with two attached hydrogens (primary N) is 1. The number of nitrogens with one attached hydrogen (secondary N) is 1. The van der Waals surface area contributed by atoms with E-state index in [-0.39, 0.29) is 0 Å². The Hall–Kier alpha value is -0.740. The molecule has 1 fully saturated rings. The molecule has 0 aromatic heterocycles. The number of piperidine rings is 1. The highest BCUT2D eigenvalue weighted by molar-refractivity contribution is 9.10. The molecule has 3 nitrogen and oxygen atoms in total. The second-order valence-corrected chi connectivity index (χ2v) is 6.10. The van der Waals surface area contributed by atoms with Gasteiger partial charge in [0, 0.05) is 17.6 Å². The van der Waals surface area contributed by atoms with E-state index in [2.05, 4.69) is 33.1 Å². The summed E-state index contributed by atoms with van der Waals surface area (Å²) in [5.74, 6) is 0.898. The second kappa shape index (κ2) is 6.43. The molecular formula is C14H22BrN3. The van der Waals surface area contributed by atoms with Gasteiger partial charge >= 0.3 is 0 Å². The third kappa shape index (κ3) is 3.89. The van der Waals surface area contributed by atoms with Crippen LogP contribution in [-0.4, -0.2) is 31.1 Å². The zero-order valence-corrected chi connectivity index (χ0v) is 12.5. The van der Waals surface area contributed by atoms with Gasteiger partial charge in [0.2, 0.25) is 0 Å². The van der Waals surface area contributed by atoms with Gasteiger partial charge in [-0.25, -0.2) is 0 Å². The second-order valence-electron chi connectivity index (χ2n) is 5.18. The molecule has 3 N–H and O–H groups in total. The van der Waals surface area contributed by atoms with Crippen molar-refractivity contribution < 1.29 is 0 Å². The van der Waals surface area contributed by atoms with Crippen molar-refractivity contribution in [3.8, 4) is 0 Å². The molecule has 1 heterocycles. The number of rotatable bonds is 4. The molecule has 1 aliphatic rings. The Bertz CT molecular complexity index is 387. The summed E-state index contributed by atoms with van der Waals surface area (Å²) in [6.07, 6.45) is 2.66. The summed E-state index contributed by atoms with van der Waals surface area (Å²) >= 11 is 3.47. The quantitative estimate of drug-likeness (QED) is 0.839. The first kappa shape index (κ1) is 13.7. The first-order valence-electron chi connectivity index (χ1n) is 6.66. The maximum Gasteiger partial charge on any atom is 0.0585 e. The molecule has 0 unspecified atom stereocenters. The molecule has 1 aliphatic heterocycles. The average Bonchev–Trinajstić information content (AvgIpc) is 2.36. The van der Waals surface area contributed by atoms with Crippen molar-refractivity contribution in [2.24, 2.45) is 5.92 Å². The molecule has 18 heavy (non-hydrogen) atoms. The minimum atomic E-state index is 0.811. The monoisotopic (exact) mass is 311 g/mol. The van der Waals surface area contributed by atoms with E-state index in [9.17, 15) is 0 Å². The van der Waals surface area contributed by atoms with Crippen LogP contribution in [0.3, 0.4) is 0 Å². The van der Waals surface area contributed by atoms with E-state index in [0.717, 1.165) is 34.9 Å². The van der Waals surface area contributed by atoms with Crippen LogP contribution >= 0.6 is 15.9 Å². The fourth-order valence-electron chi connectivity index (χ4n) is 2.32. The van der Waals surface area contributed by atoms with Crippen molar-refractivity contribution in [3.63, 3.8) is 0 Å². The number of anilines is 2. The number of benzene rings is 1. The van der Waals surface area contributed by atoms with Crippen LogP contribution in [0.1, 0.15) is 19.8 Å². The maximum atomic E-state index is 5.93. The Kier molecular flexibility index (Phi) is 4.89. The number of nitrogens with zero attached hydrogens (tertiary/aromatic N) is 1. The van der Waals surface area contributed by atoms with Crippen LogP contribution in [0, 0.1) is 5.92 Å². The predicted octanol–water partition coefficient (Wildman–Crippen LogP) is 3.18. The van der Waals surface area contributed by atoms with Gasteiger partial charge in [0.15, 0.2) is 0 Å². The van der Waals surface area contributed by atoms with Crippen LogP contribution in [-0.2, 0) is 0 Å². The average molecular weight is 312 g/mol. The summed E-state index contributed by atoms with van der Waals surface area (Å²) in [5, 5.41) is 3.42. The molecule has 0 bridgehead atoms. The summed E-state index contributed by atoms with van der Waals surface area (Å²) in [7, 11) is 0. The van der Waals surface area contributed by atoms with Gasteiger partial charge in [-0.3, -0.25) is 0 Å². The highest BCUT2D eigenvalue weighted by atomic mass is 79.9. The van der Waals surface area contributed by atoms with E-state index >= 15 is 0 Å². The summed E-state index contributed by atoms with van der Waals surface area (Å²) in [5.41, 5.74) is 7.76. The molecule has 0 aliphatic carbocycles. The van der Waals surface area contributed by atoms with E-state index < -0.39 is 0 Å². The van der Waals surface area contributed by atoms with Crippen LogP contribution in [0.5, 0.6) is 0 Å². The molecule has 1 saturated heterocycles. The van der Waals surface area contributed by atoms with E-state index in [1.165, 1.54) is 25.9 Å². The summed E-state index contributed by atoms with van der Waals surface area (Å²) in [6.45, 7) is 6.86. The molecule has 0 atom stereocenters. The SMILES string of the molecule is CC1CCN(CCNc2cc(Br)ccc2N)CC1. The number of likely N-dealkylation sites (tertiary alicyclic amines) is 1. The smallest absolute Gasteiger partial charge is 0.0585 e. The molecule has 2 rings (SSSR count). The summed E-state index contributed by atoms with van der Waals surface area (Å²) in [4.78, 5) is 2.53. The van der Waals surface area contributed by atoms with Gasteiger partial charge in [-0.15, -0.1) is 0 Å². The van der Waals surface area contributed by atoms with Crippen molar-refractivity contribution in [1.82, 2.24) is 4.90 Å². The Labute approximate surface area is 118 Å². The fourth-order valence-corrected chi connectivity index (χ4v) is 2.68. The lowest BCUT2D eigenvalue weighted by molar-refractivity contribution is 0.199. The van der Waals surface area contributed by atoms with Crippen LogP contribution in [0.25, 0.3) is 0 Å². The van der Waals surface area contributed by atoms with Crippen LogP contribution in [0.2, 0.25) is 0 Å². The summed E-state index contributed by atoms with van der Waals surface area (Å²) in [6, 6.07) is 5.93. The molecule has 1 aromatic carbocycles. The van der Waals surface area contributed by atoms with Gasteiger partial charge in [0.05, 0.1) is 11.4 Å². The van der Waals surface area contributed by atoms with E-state index in [1.807, 2.05) is 18.2 Å². The first-order valence-corrected chi connectivity index (χ1v) is 7.45. The third-order valence-electron chi connectivity index (χ3n) is 3.64.